The van der Waals surface area contributed by atoms with E-state index < -0.39 is 0 Å². The van der Waals surface area contributed by atoms with Gasteiger partial charge in [0.1, 0.15) is 4.88 Å². The van der Waals surface area contributed by atoms with Crippen molar-refractivity contribution >= 4 is 66.2 Å². The first-order chi connectivity index (χ1) is 9.36. The first-order valence-electron chi connectivity index (χ1n) is 5.82. The average molecular weight is 439 g/mol. The van der Waals surface area contributed by atoms with Gasteiger partial charge in [-0.25, -0.2) is 4.79 Å². The Balaban J connectivity index is 2.69. The van der Waals surface area contributed by atoms with E-state index in [4.69, 9.17) is 10.5 Å². The fraction of sp³-hybridized carbons (Fsp3) is 0.308. The van der Waals surface area contributed by atoms with Crippen molar-refractivity contribution in [3.8, 4) is 10.4 Å². The smallest absolute Gasteiger partial charge is 0.350 e. The van der Waals surface area contributed by atoms with Crippen molar-refractivity contribution in [3.05, 3.63) is 24.1 Å². The lowest BCUT2D eigenvalue weighted by atomic mass is 9.99. The second-order valence-electron chi connectivity index (χ2n) is 4.47. The molecule has 0 amide bonds. The van der Waals surface area contributed by atoms with Gasteiger partial charge >= 0.3 is 5.97 Å². The van der Waals surface area contributed by atoms with Gasteiger partial charge in [0, 0.05) is 10.4 Å². The zero-order valence-electron chi connectivity index (χ0n) is 11.1. The monoisotopic (exact) mass is 437 g/mol. The zero-order valence-corrected chi connectivity index (χ0v) is 15.9. The molecule has 0 radical (unpaired) electrons. The summed E-state index contributed by atoms with van der Waals surface area (Å²) >= 11 is 10.0. The van der Waals surface area contributed by atoms with E-state index in [1.807, 2.05) is 6.07 Å². The summed E-state index contributed by atoms with van der Waals surface area (Å²) in [4.78, 5) is 13.3. The van der Waals surface area contributed by atoms with Crippen molar-refractivity contribution < 1.29 is 9.53 Å². The molecule has 0 saturated heterocycles. The minimum absolute atomic E-state index is 0.227. The first kappa shape index (κ1) is 16.0. The molecule has 2 aromatic rings. The van der Waals surface area contributed by atoms with Crippen LogP contribution in [-0.2, 0) is 4.74 Å². The molecule has 3 nitrogen and oxygen atoms in total. The summed E-state index contributed by atoms with van der Waals surface area (Å²) in [5.41, 5.74) is 8.74. The summed E-state index contributed by atoms with van der Waals surface area (Å²) in [6.07, 6.45) is 0. The van der Waals surface area contributed by atoms with Gasteiger partial charge in [-0.1, -0.05) is 13.8 Å². The fourth-order valence-electron chi connectivity index (χ4n) is 1.97. The van der Waals surface area contributed by atoms with Crippen LogP contribution in [0.3, 0.4) is 0 Å². The largest absolute Gasteiger partial charge is 0.465 e. The van der Waals surface area contributed by atoms with Crippen molar-refractivity contribution in [3.63, 3.8) is 0 Å². The van der Waals surface area contributed by atoms with E-state index in [0.717, 1.165) is 23.6 Å². The minimum atomic E-state index is -0.383. The number of hydrogen-bond acceptors (Lipinski definition) is 5. The maximum absolute atomic E-state index is 11.8. The molecule has 0 aromatic carbocycles. The van der Waals surface area contributed by atoms with Crippen LogP contribution in [0.5, 0.6) is 0 Å². The second kappa shape index (κ2) is 6.17. The van der Waals surface area contributed by atoms with Crippen molar-refractivity contribution in [2.75, 3.05) is 12.8 Å². The lowest BCUT2D eigenvalue weighted by Crippen LogP contribution is -2.03. The number of nitrogens with two attached hydrogens (primary N) is 1. The Morgan fingerprint density at radius 3 is 2.45 bits per heavy atom. The van der Waals surface area contributed by atoms with Gasteiger partial charge in [-0.3, -0.25) is 0 Å². The molecular formula is C13H13Br2NO2S2. The van der Waals surface area contributed by atoms with E-state index in [0.29, 0.717) is 10.6 Å². The number of nitrogen functional groups attached to an aromatic ring is 1. The third-order valence-corrected chi connectivity index (χ3v) is 6.41. The number of halogens is 2. The Kier molecular flexibility index (Phi) is 4.94. The van der Waals surface area contributed by atoms with Crippen LogP contribution in [0.1, 0.15) is 35.0 Å². The van der Waals surface area contributed by atoms with Gasteiger partial charge in [0.15, 0.2) is 0 Å². The number of esters is 1. The van der Waals surface area contributed by atoms with Crippen LogP contribution < -0.4 is 5.73 Å². The fourth-order valence-corrected chi connectivity index (χ4v) is 6.30. The Hall–Kier alpha value is -0.370. The van der Waals surface area contributed by atoms with Gasteiger partial charge < -0.3 is 10.5 Å². The lowest BCUT2D eigenvalue weighted by Gasteiger charge is -2.08. The summed E-state index contributed by atoms with van der Waals surface area (Å²) in [7, 11) is 1.37. The Labute approximate surface area is 142 Å². The van der Waals surface area contributed by atoms with Crippen LogP contribution in [0.25, 0.3) is 10.4 Å². The Morgan fingerprint density at radius 2 is 2.00 bits per heavy atom. The predicted octanol–water partition coefficient (Wildman–Crippen LogP) is 5.49. The molecule has 0 spiro atoms. The number of carbonyl (C=O) groups is 1. The average Bonchev–Trinajstić information content (AvgIpc) is 2.88. The van der Waals surface area contributed by atoms with E-state index >= 15 is 0 Å². The number of thiophene rings is 2. The van der Waals surface area contributed by atoms with E-state index in [1.54, 1.807) is 11.3 Å². The lowest BCUT2D eigenvalue weighted by molar-refractivity contribution is 0.0607. The highest BCUT2D eigenvalue weighted by Gasteiger charge is 2.25. The normalized spacial score (nSPS) is 11.1. The van der Waals surface area contributed by atoms with E-state index in [-0.39, 0.29) is 11.9 Å². The topological polar surface area (TPSA) is 52.3 Å². The molecule has 0 unspecified atom stereocenters. The molecule has 2 N–H and O–H groups in total. The van der Waals surface area contributed by atoms with Crippen molar-refractivity contribution in [2.45, 2.75) is 19.8 Å². The first-order valence-corrected chi connectivity index (χ1v) is 9.04. The summed E-state index contributed by atoms with van der Waals surface area (Å²) in [6.45, 7) is 4.14. The van der Waals surface area contributed by atoms with Crippen molar-refractivity contribution in [1.29, 1.82) is 0 Å². The molecule has 0 atom stereocenters. The molecular weight excluding hydrogens is 426 g/mol. The molecule has 108 valence electrons. The van der Waals surface area contributed by atoms with Crippen molar-refractivity contribution in [2.24, 2.45) is 0 Å². The number of carbonyl (C=O) groups excluding carboxylic acids is 1. The number of hydrogen-bond donors (Lipinski definition) is 1. The van der Waals surface area contributed by atoms with Gasteiger partial charge in [-0.15, -0.1) is 22.7 Å². The van der Waals surface area contributed by atoms with Crippen LogP contribution in [0, 0.1) is 0 Å². The van der Waals surface area contributed by atoms with Crippen molar-refractivity contribution in [1.82, 2.24) is 0 Å². The SMILES string of the molecule is COC(=O)c1sc(-c2cc(Br)sc2Br)c(C(C)C)c1N. The summed E-state index contributed by atoms with van der Waals surface area (Å²) in [6, 6.07) is 2.03. The number of anilines is 1. The molecule has 0 aliphatic carbocycles. The number of methoxy groups -OCH3 is 1. The number of rotatable bonds is 3. The maximum Gasteiger partial charge on any atom is 0.350 e. The van der Waals surface area contributed by atoms with Crippen LogP contribution in [0.15, 0.2) is 13.6 Å². The molecule has 0 aliphatic heterocycles. The van der Waals surface area contributed by atoms with E-state index in [2.05, 4.69) is 45.7 Å². The minimum Gasteiger partial charge on any atom is -0.465 e. The number of ether oxygens (including phenoxy) is 1. The summed E-state index contributed by atoms with van der Waals surface area (Å²) < 4.78 is 6.86. The molecule has 7 heteroatoms. The van der Waals surface area contributed by atoms with Gasteiger partial charge in [0.2, 0.25) is 0 Å². The third kappa shape index (κ3) is 2.81. The quantitative estimate of drug-likeness (QED) is 0.644. The van der Waals surface area contributed by atoms with Crippen LogP contribution in [0.2, 0.25) is 0 Å². The Bertz CT molecular complexity index is 662. The molecule has 2 heterocycles. The molecule has 0 saturated carbocycles. The van der Waals surface area contributed by atoms with Gasteiger partial charge in [-0.05, 0) is 49.4 Å². The summed E-state index contributed by atoms with van der Waals surface area (Å²) in [5, 5.41) is 0. The van der Waals surface area contributed by atoms with Gasteiger partial charge in [-0.2, -0.15) is 0 Å². The van der Waals surface area contributed by atoms with Crippen LogP contribution >= 0.6 is 54.5 Å². The third-order valence-electron chi connectivity index (χ3n) is 2.83. The highest BCUT2D eigenvalue weighted by molar-refractivity contribution is 9.12. The molecule has 2 aromatic heterocycles. The molecule has 0 fully saturated rings. The maximum atomic E-state index is 11.8. The molecule has 0 aliphatic rings. The second-order valence-corrected chi connectivity index (χ2v) is 9.24. The predicted molar refractivity (Wildman–Crippen MR) is 92.9 cm³/mol. The van der Waals surface area contributed by atoms with E-state index in [1.165, 1.54) is 18.4 Å². The van der Waals surface area contributed by atoms with E-state index in [9.17, 15) is 4.79 Å². The molecule has 2 rings (SSSR count). The van der Waals surface area contributed by atoms with Gasteiger partial charge in [0.05, 0.1) is 20.4 Å². The standard InChI is InChI=1S/C13H13Br2NO2S2/c1-5(2)8-9(16)11(13(17)18-3)20-10(8)6-4-7(14)19-12(6)15/h4-5H,16H2,1-3H3. The Morgan fingerprint density at radius 1 is 1.35 bits per heavy atom. The van der Waals surface area contributed by atoms with Crippen LogP contribution in [0.4, 0.5) is 5.69 Å². The zero-order chi connectivity index (χ0) is 15.0. The highest BCUT2D eigenvalue weighted by atomic mass is 79.9. The molecule has 0 bridgehead atoms. The summed E-state index contributed by atoms with van der Waals surface area (Å²) in [5.74, 6) is -0.156. The highest BCUT2D eigenvalue weighted by Crippen LogP contribution is 2.48. The van der Waals surface area contributed by atoms with Gasteiger partial charge in [0.25, 0.3) is 0 Å². The molecule has 20 heavy (non-hydrogen) atoms. The van der Waals surface area contributed by atoms with Crippen LogP contribution in [-0.4, -0.2) is 13.1 Å².